The van der Waals surface area contributed by atoms with Gasteiger partial charge in [0.2, 0.25) is 0 Å². The molecule has 36 valence electrons. The maximum atomic E-state index is 7.91. The fourth-order valence-electron chi connectivity index (χ4n) is 0.0995. The van der Waals surface area contributed by atoms with E-state index in [0.29, 0.717) is 0 Å². The van der Waals surface area contributed by atoms with Gasteiger partial charge in [-0.25, -0.2) is 0 Å². The molecule has 0 rings (SSSR count). The number of nitriles is 2. The molecule has 2 N–H and O–H groups in total. The summed E-state index contributed by atoms with van der Waals surface area (Å²) >= 11 is 0. The van der Waals surface area contributed by atoms with Crippen molar-refractivity contribution < 1.29 is 31.0 Å². The predicted molar refractivity (Wildman–Crippen MR) is 24.6 cm³/mol. The van der Waals surface area contributed by atoms with Crippen LogP contribution in [0.2, 0.25) is 0 Å². The zero-order valence-corrected chi connectivity index (χ0v) is 6.55. The molecule has 0 aliphatic carbocycles. The average molecular weight is 117 g/mol. The van der Waals surface area contributed by atoms with Crippen LogP contribution in [0.4, 0.5) is 0 Å². The van der Waals surface area contributed by atoms with E-state index in [1.807, 2.05) is 0 Å². The summed E-state index contributed by atoms with van der Waals surface area (Å²) in [6, 6.07) is 3.15. The monoisotopic (exact) mass is 117 g/mol. The molecule has 0 aliphatic rings. The second-order valence-electron chi connectivity index (χ2n) is 0.804. The molecule has 0 aromatic rings. The summed E-state index contributed by atoms with van der Waals surface area (Å²) in [5, 5.41) is 15.8. The van der Waals surface area contributed by atoms with E-state index in [4.69, 9.17) is 16.3 Å². The van der Waals surface area contributed by atoms with Gasteiger partial charge in [-0.3, -0.25) is 0 Å². The maximum absolute atomic E-state index is 7.91. The van der Waals surface area contributed by atoms with E-state index in [2.05, 4.69) is 0 Å². The number of hydrogen-bond acceptors (Lipinski definition) is 3. The molecule has 0 saturated carbocycles. The van der Waals surface area contributed by atoms with E-state index in [-0.39, 0.29) is 36.6 Å². The van der Waals surface area contributed by atoms with E-state index in [9.17, 15) is 0 Å². The molecule has 8 heavy (non-hydrogen) atoms. The van der Waals surface area contributed by atoms with Crippen LogP contribution in [0.3, 0.4) is 0 Å². The molecule has 0 spiro atoms. The number of nitrogens with zero attached hydrogens (tertiary/aromatic N) is 2. The van der Waals surface area contributed by atoms with Crippen molar-refractivity contribution in [2.75, 3.05) is 0 Å². The smallest absolute Gasteiger partial charge is 1.00 e. The van der Waals surface area contributed by atoms with Crippen LogP contribution in [0.25, 0.3) is 0 Å². The topological polar surface area (TPSA) is 73.6 Å². The van der Waals surface area contributed by atoms with Crippen LogP contribution >= 0.6 is 0 Å². The quantitative estimate of drug-likeness (QED) is 0.271. The molecule has 0 radical (unpaired) electrons. The Labute approximate surface area is 71.2 Å². The summed E-state index contributed by atoms with van der Waals surface area (Å²) in [7, 11) is 0. The molecular weight excluding hydrogens is 113 g/mol. The van der Waals surface area contributed by atoms with Gasteiger partial charge in [0.15, 0.2) is 0 Å². The van der Waals surface area contributed by atoms with Crippen molar-refractivity contribution in [2.24, 2.45) is 5.73 Å². The minimum atomic E-state index is -0.0556. The third-order valence-corrected chi connectivity index (χ3v) is 0.408. The summed E-state index contributed by atoms with van der Waals surface area (Å²) in [6.07, 6.45) is 0.972. The Morgan fingerprint density at radius 3 is 1.88 bits per heavy atom. The second kappa shape index (κ2) is 6.52. The summed E-state index contributed by atoms with van der Waals surface area (Å²) in [6.45, 7) is 0. The van der Waals surface area contributed by atoms with Gasteiger partial charge in [-0.2, -0.15) is 10.5 Å². The Morgan fingerprint density at radius 1 is 1.50 bits per heavy atom. The second-order valence-corrected chi connectivity index (χ2v) is 0.804. The van der Waals surface area contributed by atoms with E-state index in [1.165, 1.54) is 0 Å². The van der Waals surface area contributed by atoms with Crippen molar-refractivity contribution in [3.63, 3.8) is 0 Å². The van der Waals surface area contributed by atoms with E-state index < -0.39 is 0 Å². The van der Waals surface area contributed by atoms with Crippen LogP contribution in [-0.2, 0) is 0 Å². The van der Waals surface area contributed by atoms with Gasteiger partial charge in [-0.1, -0.05) is 0 Å². The Balaban J connectivity index is -0.000000180. The third kappa shape index (κ3) is 3.70. The molecule has 3 nitrogen and oxygen atoms in total. The first-order valence-corrected chi connectivity index (χ1v) is 1.57. The number of rotatable bonds is 0. The van der Waals surface area contributed by atoms with Crippen LogP contribution in [0.15, 0.2) is 11.8 Å². The molecule has 0 fully saturated rings. The van der Waals surface area contributed by atoms with Crippen LogP contribution in [0.5, 0.6) is 0 Å². The Hall–Kier alpha value is -0.480. The molecule has 0 amide bonds. The molecule has 0 aromatic heterocycles. The van der Waals surface area contributed by atoms with Crippen molar-refractivity contribution >= 4 is 0 Å². The SMILES string of the molecule is N#CC(C#N)=CN.[H-].[Na+]. The molecule has 0 atom stereocenters. The van der Waals surface area contributed by atoms with E-state index >= 15 is 0 Å². The Bertz CT molecular complexity index is 148. The van der Waals surface area contributed by atoms with Gasteiger partial charge in [0.1, 0.15) is 17.7 Å². The first-order valence-electron chi connectivity index (χ1n) is 1.57. The van der Waals surface area contributed by atoms with Crippen LogP contribution < -0.4 is 35.3 Å². The first kappa shape index (κ1) is 10.5. The standard InChI is InChI=1S/C4H3N3.Na.H/c5-1-4(2-6)3-7;;/h1H,5H2;;/q;+1;-1. The zero-order chi connectivity index (χ0) is 5.70. The Morgan fingerprint density at radius 2 is 1.88 bits per heavy atom. The summed E-state index contributed by atoms with van der Waals surface area (Å²) in [4.78, 5) is 0. The largest absolute Gasteiger partial charge is 1.00 e. The van der Waals surface area contributed by atoms with Crippen molar-refractivity contribution in [3.8, 4) is 12.1 Å². The summed E-state index contributed by atoms with van der Waals surface area (Å²) in [5.41, 5.74) is 4.73. The molecule has 0 heterocycles. The molecule has 0 aliphatic heterocycles. The normalized spacial score (nSPS) is 4.75. The Kier molecular flexibility index (Phi) is 8.55. The molecule has 0 aromatic carbocycles. The summed E-state index contributed by atoms with van der Waals surface area (Å²) < 4.78 is 0. The molecule has 0 unspecified atom stereocenters. The van der Waals surface area contributed by atoms with Gasteiger partial charge in [0.05, 0.1) is 0 Å². The van der Waals surface area contributed by atoms with Gasteiger partial charge in [0.25, 0.3) is 0 Å². The maximum Gasteiger partial charge on any atom is 1.00 e. The first-order chi connectivity index (χ1) is 3.35. The van der Waals surface area contributed by atoms with E-state index in [0.717, 1.165) is 6.20 Å². The average Bonchev–Trinajstić information content (AvgIpc) is 1.72. The fraction of sp³-hybridized carbons (Fsp3) is 0. The van der Waals surface area contributed by atoms with Crippen molar-refractivity contribution in [1.29, 1.82) is 10.5 Å². The number of allylic oxidation sites excluding steroid dienone is 1. The van der Waals surface area contributed by atoms with Crippen LogP contribution in [0, 0.1) is 22.7 Å². The van der Waals surface area contributed by atoms with Crippen molar-refractivity contribution in [3.05, 3.63) is 11.8 Å². The van der Waals surface area contributed by atoms with Gasteiger partial charge in [-0.05, 0) is 0 Å². The van der Waals surface area contributed by atoms with Gasteiger partial charge in [0, 0.05) is 6.20 Å². The minimum Gasteiger partial charge on any atom is -1.00 e. The van der Waals surface area contributed by atoms with Crippen LogP contribution in [0.1, 0.15) is 1.43 Å². The van der Waals surface area contributed by atoms with Crippen molar-refractivity contribution in [1.82, 2.24) is 0 Å². The van der Waals surface area contributed by atoms with Crippen molar-refractivity contribution in [2.45, 2.75) is 0 Å². The van der Waals surface area contributed by atoms with Crippen LogP contribution in [-0.4, -0.2) is 0 Å². The van der Waals surface area contributed by atoms with Gasteiger partial charge in [-0.15, -0.1) is 0 Å². The number of nitrogens with two attached hydrogens (primary N) is 1. The van der Waals surface area contributed by atoms with Gasteiger partial charge >= 0.3 is 29.6 Å². The molecular formula is C4H4N3Na. The zero-order valence-electron chi connectivity index (χ0n) is 5.55. The number of hydrogen-bond donors (Lipinski definition) is 1. The third-order valence-electron chi connectivity index (χ3n) is 0.408. The van der Waals surface area contributed by atoms with Gasteiger partial charge < -0.3 is 7.16 Å². The fourth-order valence-corrected chi connectivity index (χ4v) is 0.0995. The molecule has 4 heteroatoms. The minimum absolute atomic E-state index is 0. The molecule has 0 bridgehead atoms. The van der Waals surface area contributed by atoms with E-state index in [1.54, 1.807) is 12.1 Å². The predicted octanol–water partition coefficient (Wildman–Crippen LogP) is -3.01. The molecule has 0 saturated heterocycles. The summed E-state index contributed by atoms with van der Waals surface area (Å²) in [5.74, 6) is 0.